The lowest BCUT2D eigenvalue weighted by Crippen LogP contribution is -2.24. The van der Waals surface area contributed by atoms with Crippen molar-refractivity contribution < 1.29 is 9.53 Å². The second kappa shape index (κ2) is 5.47. The molecular weight excluding hydrogens is 250 g/mol. The van der Waals surface area contributed by atoms with Gasteiger partial charge in [0.15, 0.2) is 0 Å². The van der Waals surface area contributed by atoms with Gasteiger partial charge < -0.3 is 10.5 Å². The first-order valence-electron chi connectivity index (χ1n) is 6.78. The largest absolute Gasteiger partial charge is 0.453 e. The van der Waals surface area contributed by atoms with E-state index in [2.05, 4.69) is 24.3 Å². The van der Waals surface area contributed by atoms with Crippen LogP contribution in [0.4, 0.5) is 0 Å². The Labute approximate surface area is 118 Å². The molecule has 0 saturated carbocycles. The molecule has 3 nitrogen and oxygen atoms in total. The Morgan fingerprint density at radius 1 is 1.05 bits per heavy atom. The number of nitrogens with two attached hydrogens (primary N) is 1. The van der Waals surface area contributed by atoms with Crippen molar-refractivity contribution in [3.63, 3.8) is 0 Å². The van der Waals surface area contributed by atoms with Gasteiger partial charge >= 0.3 is 6.47 Å². The zero-order valence-electron chi connectivity index (χ0n) is 11.1. The molecule has 1 radical (unpaired) electrons. The Hall–Kier alpha value is -2.13. The maximum absolute atomic E-state index is 10.7. The topological polar surface area (TPSA) is 52.3 Å². The summed E-state index contributed by atoms with van der Waals surface area (Å²) in [5, 5.41) is 0. The van der Waals surface area contributed by atoms with E-state index in [0.29, 0.717) is 13.0 Å². The van der Waals surface area contributed by atoms with Crippen LogP contribution in [-0.4, -0.2) is 19.1 Å². The van der Waals surface area contributed by atoms with E-state index in [4.69, 9.17) is 10.5 Å². The van der Waals surface area contributed by atoms with Gasteiger partial charge in [-0.25, -0.2) is 4.79 Å². The normalized spacial score (nSPS) is 14.4. The first kappa shape index (κ1) is 12.9. The minimum Gasteiger partial charge on any atom is -0.453 e. The predicted molar refractivity (Wildman–Crippen MR) is 78.0 cm³/mol. The second-order valence-electron chi connectivity index (χ2n) is 4.97. The molecule has 0 amide bonds. The summed E-state index contributed by atoms with van der Waals surface area (Å²) in [5.74, 6) is 0.0485. The number of ether oxygens (including phenoxy) is 1. The average molecular weight is 266 g/mol. The molecule has 2 N–H and O–H groups in total. The molecule has 0 bridgehead atoms. The zero-order chi connectivity index (χ0) is 13.9. The summed E-state index contributed by atoms with van der Waals surface area (Å²) in [6.07, 6.45) is 0.366. The Morgan fingerprint density at radius 2 is 1.60 bits per heavy atom. The molecule has 1 unspecified atom stereocenters. The van der Waals surface area contributed by atoms with Crippen LogP contribution in [0.25, 0.3) is 11.1 Å². The van der Waals surface area contributed by atoms with Crippen molar-refractivity contribution in [1.82, 2.24) is 0 Å². The highest BCUT2D eigenvalue weighted by Gasteiger charge is 2.34. The van der Waals surface area contributed by atoms with Crippen LogP contribution >= 0.6 is 0 Å². The Kier molecular flexibility index (Phi) is 3.52. The molecule has 3 heteroatoms. The van der Waals surface area contributed by atoms with E-state index in [1.165, 1.54) is 22.3 Å². The number of hydrogen-bond acceptors (Lipinski definition) is 3. The molecule has 0 heterocycles. The first-order valence-corrected chi connectivity index (χ1v) is 6.78. The van der Waals surface area contributed by atoms with Crippen molar-refractivity contribution in [3.05, 3.63) is 59.7 Å². The van der Waals surface area contributed by atoms with Crippen molar-refractivity contribution >= 4 is 6.47 Å². The van der Waals surface area contributed by atoms with Gasteiger partial charge in [0.25, 0.3) is 0 Å². The number of hydrogen-bond donors (Lipinski definition) is 1. The molecule has 3 rings (SSSR count). The molecule has 1 aliphatic rings. The van der Waals surface area contributed by atoms with Crippen LogP contribution < -0.4 is 5.73 Å². The molecule has 0 spiro atoms. The van der Waals surface area contributed by atoms with Crippen molar-refractivity contribution in [2.24, 2.45) is 5.73 Å². The standard InChI is InChI=1S/C17H16NO2/c18-10-9-16(20-11-19)17-14-7-3-1-5-12(14)13-6-2-4-8-15(13)17/h1-8,16-17H,9-10,18H2. The molecule has 0 aliphatic heterocycles. The van der Waals surface area contributed by atoms with Gasteiger partial charge in [0.05, 0.1) is 0 Å². The zero-order valence-corrected chi connectivity index (χ0v) is 11.1. The van der Waals surface area contributed by atoms with E-state index >= 15 is 0 Å². The average Bonchev–Trinajstić information content (AvgIpc) is 2.82. The monoisotopic (exact) mass is 266 g/mol. The molecule has 1 atom stereocenters. The summed E-state index contributed by atoms with van der Waals surface area (Å²) < 4.78 is 5.19. The van der Waals surface area contributed by atoms with E-state index < -0.39 is 0 Å². The number of carbonyl (C=O) groups excluding carboxylic acids is 1. The van der Waals surface area contributed by atoms with Gasteiger partial charge in [0.2, 0.25) is 0 Å². The molecule has 101 valence electrons. The molecule has 2 aromatic rings. The van der Waals surface area contributed by atoms with Crippen LogP contribution in [-0.2, 0) is 9.53 Å². The van der Waals surface area contributed by atoms with Crippen LogP contribution in [0.1, 0.15) is 23.5 Å². The summed E-state index contributed by atoms with van der Waals surface area (Å²) in [7, 11) is 0. The number of rotatable bonds is 5. The maximum Gasteiger partial charge on any atom is 0.417 e. The third-order valence-corrected chi connectivity index (χ3v) is 3.90. The van der Waals surface area contributed by atoms with Crippen molar-refractivity contribution in [2.45, 2.75) is 18.4 Å². The Morgan fingerprint density at radius 3 is 2.10 bits per heavy atom. The van der Waals surface area contributed by atoms with E-state index in [1.54, 1.807) is 6.47 Å². The minimum absolute atomic E-state index is 0.0485. The molecule has 0 fully saturated rings. The number of benzene rings is 2. The van der Waals surface area contributed by atoms with Gasteiger partial charge in [-0.05, 0) is 35.2 Å². The molecule has 20 heavy (non-hydrogen) atoms. The molecule has 0 aromatic heterocycles. The fourth-order valence-electron chi connectivity index (χ4n) is 3.11. The highest BCUT2D eigenvalue weighted by molar-refractivity contribution is 5.79. The van der Waals surface area contributed by atoms with Crippen molar-refractivity contribution in [2.75, 3.05) is 6.54 Å². The number of fused-ring (bicyclic) bond motifs is 3. The van der Waals surface area contributed by atoms with Crippen LogP contribution in [0, 0.1) is 0 Å². The van der Waals surface area contributed by atoms with Crippen LogP contribution in [0.2, 0.25) is 0 Å². The van der Waals surface area contributed by atoms with Crippen molar-refractivity contribution in [3.8, 4) is 11.1 Å². The summed E-state index contributed by atoms with van der Waals surface area (Å²) in [6.45, 7) is 2.06. The van der Waals surface area contributed by atoms with E-state index in [9.17, 15) is 4.79 Å². The van der Waals surface area contributed by atoms with Gasteiger partial charge in [-0.1, -0.05) is 48.5 Å². The Balaban J connectivity index is 2.12. The third-order valence-electron chi connectivity index (χ3n) is 3.90. The summed E-state index contributed by atoms with van der Waals surface area (Å²) >= 11 is 0. The van der Waals surface area contributed by atoms with E-state index in [0.717, 1.165) is 0 Å². The SMILES string of the molecule is NCCC(O[C]=O)C1c2ccccc2-c2ccccc21. The highest BCUT2D eigenvalue weighted by Crippen LogP contribution is 2.47. The fourth-order valence-corrected chi connectivity index (χ4v) is 3.11. The van der Waals surface area contributed by atoms with E-state index in [1.807, 2.05) is 24.3 Å². The first-order chi connectivity index (χ1) is 9.86. The lowest BCUT2D eigenvalue weighted by Gasteiger charge is -2.23. The summed E-state index contributed by atoms with van der Waals surface area (Å²) in [4.78, 5) is 10.7. The van der Waals surface area contributed by atoms with E-state index in [-0.39, 0.29) is 12.0 Å². The van der Waals surface area contributed by atoms with Crippen LogP contribution in [0.15, 0.2) is 48.5 Å². The molecular formula is C17H16NO2. The quantitative estimate of drug-likeness (QED) is 0.905. The van der Waals surface area contributed by atoms with Gasteiger partial charge in [-0.2, -0.15) is 0 Å². The summed E-state index contributed by atoms with van der Waals surface area (Å²) in [6, 6.07) is 16.5. The van der Waals surface area contributed by atoms with Gasteiger partial charge in [-0.15, -0.1) is 0 Å². The molecule has 0 saturated heterocycles. The predicted octanol–water partition coefficient (Wildman–Crippen LogP) is 2.60. The molecule has 1 aliphatic carbocycles. The highest BCUT2D eigenvalue weighted by atomic mass is 16.5. The fraction of sp³-hybridized carbons (Fsp3) is 0.235. The Bertz CT molecular complexity index is 578. The van der Waals surface area contributed by atoms with Gasteiger partial charge in [-0.3, -0.25) is 0 Å². The summed E-state index contributed by atoms with van der Waals surface area (Å²) in [5.41, 5.74) is 10.5. The third kappa shape index (κ3) is 2.00. The molecule has 2 aromatic carbocycles. The van der Waals surface area contributed by atoms with Crippen LogP contribution in [0.5, 0.6) is 0 Å². The minimum atomic E-state index is -0.262. The lowest BCUT2D eigenvalue weighted by molar-refractivity contribution is 0.154. The van der Waals surface area contributed by atoms with Gasteiger partial charge in [0.1, 0.15) is 6.10 Å². The van der Waals surface area contributed by atoms with Gasteiger partial charge in [0, 0.05) is 5.92 Å². The smallest absolute Gasteiger partial charge is 0.417 e. The second-order valence-corrected chi connectivity index (χ2v) is 4.97. The maximum atomic E-state index is 10.7. The van der Waals surface area contributed by atoms with Crippen molar-refractivity contribution in [1.29, 1.82) is 0 Å². The van der Waals surface area contributed by atoms with Crippen LogP contribution in [0.3, 0.4) is 0 Å². The lowest BCUT2D eigenvalue weighted by atomic mass is 9.89.